The summed E-state index contributed by atoms with van der Waals surface area (Å²) in [6.07, 6.45) is 2.65. The van der Waals surface area contributed by atoms with Crippen LogP contribution in [0.1, 0.15) is 39.2 Å². The highest BCUT2D eigenvalue weighted by Crippen LogP contribution is 2.17. The van der Waals surface area contributed by atoms with Crippen molar-refractivity contribution in [3.8, 4) is 0 Å². The molecule has 0 saturated carbocycles. The van der Waals surface area contributed by atoms with Crippen LogP contribution in [0.2, 0.25) is 0 Å². The Balaban J connectivity index is 2.91. The van der Waals surface area contributed by atoms with Gasteiger partial charge >= 0.3 is 5.97 Å². The van der Waals surface area contributed by atoms with Crippen molar-refractivity contribution < 1.29 is 9.53 Å². The highest BCUT2D eigenvalue weighted by Gasteiger charge is 2.14. The zero-order valence-corrected chi connectivity index (χ0v) is 11.5. The molecule has 0 unspecified atom stereocenters. The second-order valence-corrected chi connectivity index (χ2v) is 4.39. The number of esters is 1. The highest BCUT2D eigenvalue weighted by atomic mass is 16.5. The molecule has 0 N–H and O–H groups in total. The Labute approximate surface area is 110 Å². The van der Waals surface area contributed by atoms with Crippen LogP contribution in [-0.4, -0.2) is 12.6 Å². The summed E-state index contributed by atoms with van der Waals surface area (Å²) < 4.78 is 5.15. The lowest BCUT2D eigenvalue weighted by Crippen LogP contribution is -2.12. The number of ether oxygens (including phenoxy) is 1. The van der Waals surface area contributed by atoms with Crippen molar-refractivity contribution in [3.05, 3.63) is 47.0 Å². The van der Waals surface area contributed by atoms with E-state index in [0.29, 0.717) is 13.0 Å². The van der Waals surface area contributed by atoms with E-state index in [9.17, 15) is 4.79 Å². The maximum atomic E-state index is 12.0. The third-order valence-electron chi connectivity index (χ3n) is 2.89. The average Bonchev–Trinajstić information content (AvgIpc) is 2.37. The van der Waals surface area contributed by atoms with Crippen LogP contribution in [0.15, 0.2) is 41.5 Å². The minimum absolute atomic E-state index is 0.174. The Kier molecular flexibility index (Phi) is 6.20. The van der Waals surface area contributed by atoms with E-state index < -0.39 is 0 Å². The fraction of sp³-hybridized carbons (Fsp3) is 0.438. The van der Waals surface area contributed by atoms with Crippen molar-refractivity contribution in [3.63, 3.8) is 0 Å². The molecule has 1 aromatic carbocycles. The predicted molar refractivity (Wildman–Crippen MR) is 74.4 cm³/mol. The lowest BCUT2D eigenvalue weighted by Gasteiger charge is -2.11. The lowest BCUT2D eigenvalue weighted by atomic mass is 9.98. The Morgan fingerprint density at radius 1 is 1.17 bits per heavy atom. The van der Waals surface area contributed by atoms with E-state index in [1.807, 2.05) is 44.2 Å². The molecule has 0 heterocycles. The fourth-order valence-corrected chi connectivity index (χ4v) is 1.94. The van der Waals surface area contributed by atoms with Crippen LogP contribution < -0.4 is 0 Å². The third-order valence-corrected chi connectivity index (χ3v) is 2.89. The molecule has 2 nitrogen and oxygen atoms in total. The molecule has 18 heavy (non-hydrogen) atoms. The van der Waals surface area contributed by atoms with Crippen LogP contribution in [0.3, 0.4) is 0 Å². The molecule has 98 valence electrons. The summed E-state index contributed by atoms with van der Waals surface area (Å²) in [4.78, 5) is 12.0. The molecule has 0 spiro atoms. The van der Waals surface area contributed by atoms with Crippen molar-refractivity contribution in [2.45, 2.75) is 40.0 Å². The van der Waals surface area contributed by atoms with Crippen LogP contribution in [-0.2, 0) is 16.0 Å². The van der Waals surface area contributed by atoms with Gasteiger partial charge in [-0.2, -0.15) is 0 Å². The molecule has 0 aliphatic rings. The van der Waals surface area contributed by atoms with Gasteiger partial charge in [0.1, 0.15) is 0 Å². The molecule has 0 amide bonds. The maximum absolute atomic E-state index is 12.0. The van der Waals surface area contributed by atoms with Gasteiger partial charge in [-0.15, -0.1) is 0 Å². The molecule has 0 aliphatic heterocycles. The van der Waals surface area contributed by atoms with E-state index in [1.165, 1.54) is 0 Å². The molecule has 0 bridgehead atoms. The zero-order chi connectivity index (χ0) is 13.4. The van der Waals surface area contributed by atoms with Gasteiger partial charge in [-0.1, -0.05) is 49.2 Å². The van der Waals surface area contributed by atoms with Gasteiger partial charge in [0.05, 0.1) is 6.61 Å². The summed E-state index contributed by atoms with van der Waals surface area (Å²) >= 11 is 0. The first kappa shape index (κ1) is 14.5. The van der Waals surface area contributed by atoms with Crippen molar-refractivity contribution >= 4 is 5.97 Å². The first-order valence-electron chi connectivity index (χ1n) is 6.58. The number of benzene rings is 1. The van der Waals surface area contributed by atoms with Gasteiger partial charge in [0.15, 0.2) is 0 Å². The number of hydrogen-bond acceptors (Lipinski definition) is 2. The Morgan fingerprint density at radius 3 is 2.39 bits per heavy atom. The zero-order valence-electron chi connectivity index (χ0n) is 11.5. The second kappa shape index (κ2) is 7.70. The molecule has 0 aromatic heterocycles. The molecule has 2 heteroatoms. The number of allylic oxidation sites excluding steroid dienone is 1. The number of rotatable bonds is 6. The van der Waals surface area contributed by atoms with Gasteiger partial charge in [-0.25, -0.2) is 4.79 Å². The van der Waals surface area contributed by atoms with Gasteiger partial charge < -0.3 is 4.74 Å². The lowest BCUT2D eigenvalue weighted by molar-refractivity contribution is -0.138. The Bertz CT molecular complexity index is 404. The van der Waals surface area contributed by atoms with Gasteiger partial charge in [0.25, 0.3) is 0 Å². The summed E-state index contributed by atoms with van der Waals surface area (Å²) in [5, 5.41) is 0. The standard InChI is InChI=1S/C16H22O2/c1-4-9-13(3)15(16(17)18-5-2)12-14-10-7-6-8-11-14/h6-8,10-11H,4-5,9,12H2,1-3H3/b15-13-. The number of hydrogen-bond donors (Lipinski definition) is 0. The Morgan fingerprint density at radius 2 is 1.83 bits per heavy atom. The number of carbonyl (C=O) groups excluding carboxylic acids is 1. The van der Waals surface area contributed by atoms with E-state index in [0.717, 1.165) is 29.6 Å². The monoisotopic (exact) mass is 246 g/mol. The van der Waals surface area contributed by atoms with E-state index in [-0.39, 0.29) is 5.97 Å². The highest BCUT2D eigenvalue weighted by molar-refractivity contribution is 5.89. The SMILES string of the molecule is CCC/C(C)=C(/Cc1ccccc1)C(=O)OCC. The van der Waals surface area contributed by atoms with E-state index in [1.54, 1.807) is 0 Å². The van der Waals surface area contributed by atoms with Crippen molar-refractivity contribution in [2.75, 3.05) is 6.61 Å². The molecule has 0 radical (unpaired) electrons. The summed E-state index contributed by atoms with van der Waals surface area (Å²) in [5.41, 5.74) is 3.10. The molecule has 0 saturated heterocycles. The van der Waals surface area contributed by atoms with E-state index >= 15 is 0 Å². The smallest absolute Gasteiger partial charge is 0.334 e. The molecule has 0 fully saturated rings. The topological polar surface area (TPSA) is 26.3 Å². The van der Waals surface area contributed by atoms with Crippen molar-refractivity contribution in [1.29, 1.82) is 0 Å². The largest absolute Gasteiger partial charge is 0.463 e. The van der Waals surface area contributed by atoms with Crippen LogP contribution in [0, 0.1) is 0 Å². The minimum atomic E-state index is -0.174. The van der Waals surface area contributed by atoms with Gasteiger partial charge in [0, 0.05) is 12.0 Å². The molecular formula is C16H22O2. The molecule has 1 aromatic rings. The molecule has 0 atom stereocenters. The first-order chi connectivity index (χ1) is 8.69. The van der Waals surface area contributed by atoms with Gasteiger partial charge in [0.2, 0.25) is 0 Å². The van der Waals surface area contributed by atoms with Crippen LogP contribution in [0.5, 0.6) is 0 Å². The number of carbonyl (C=O) groups is 1. The normalized spacial score (nSPS) is 11.9. The predicted octanol–water partition coefficient (Wildman–Crippen LogP) is 3.91. The van der Waals surface area contributed by atoms with Crippen LogP contribution in [0.4, 0.5) is 0 Å². The minimum Gasteiger partial charge on any atom is -0.463 e. The molecular weight excluding hydrogens is 224 g/mol. The Hall–Kier alpha value is -1.57. The molecule has 0 aliphatic carbocycles. The van der Waals surface area contributed by atoms with Gasteiger partial charge in [-0.3, -0.25) is 0 Å². The average molecular weight is 246 g/mol. The summed E-state index contributed by atoms with van der Waals surface area (Å²) in [7, 11) is 0. The summed E-state index contributed by atoms with van der Waals surface area (Å²) in [6, 6.07) is 10.0. The van der Waals surface area contributed by atoms with Crippen molar-refractivity contribution in [1.82, 2.24) is 0 Å². The summed E-state index contributed by atoms with van der Waals surface area (Å²) in [5.74, 6) is -0.174. The fourth-order valence-electron chi connectivity index (χ4n) is 1.94. The van der Waals surface area contributed by atoms with Crippen LogP contribution in [0.25, 0.3) is 0 Å². The summed E-state index contributed by atoms with van der Waals surface area (Å²) in [6.45, 7) is 6.41. The maximum Gasteiger partial charge on any atom is 0.334 e. The van der Waals surface area contributed by atoms with Crippen LogP contribution >= 0.6 is 0 Å². The quantitative estimate of drug-likeness (QED) is 0.562. The third kappa shape index (κ3) is 4.36. The van der Waals surface area contributed by atoms with Crippen molar-refractivity contribution in [2.24, 2.45) is 0 Å². The first-order valence-corrected chi connectivity index (χ1v) is 6.58. The second-order valence-electron chi connectivity index (χ2n) is 4.39. The molecule has 1 rings (SSSR count). The van der Waals surface area contributed by atoms with Gasteiger partial charge in [-0.05, 0) is 25.8 Å². The van der Waals surface area contributed by atoms with E-state index in [4.69, 9.17) is 4.74 Å². The van der Waals surface area contributed by atoms with E-state index in [2.05, 4.69) is 6.92 Å².